The van der Waals surface area contributed by atoms with Gasteiger partial charge in [-0.25, -0.2) is 4.98 Å². The van der Waals surface area contributed by atoms with Crippen molar-refractivity contribution in [2.24, 2.45) is 0 Å². The van der Waals surface area contributed by atoms with Gasteiger partial charge in [-0.3, -0.25) is 9.69 Å². The second kappa shape index (κ2) is 9.21. The fraction of sp³-hybridized carbons (Fsp3) is 0.300. The van der Waals surface area contributed by atoms with Gasteiger partial charge in [0.15, 0.2) is 0 Å². The van der Waals surface area contributed by atoms with Crippen LogP contribution < -0.4 is 5.56 Å². The number of rotatable bonds is 8. The predicted octanol–water partition coefficient (Wildman–Crippen LogP) is 4.58. The maximum Gasteiger partial charge on any atom is 0.258 e. The van der Waals surface area contributed by atoms with Crippen LogP contribution in [0.1, 0.15) is 19.2 Å². The number of para-hydroxylation sites is 1. The van der Waals surface area contributed by atoms with Crippen LogP contribution in [0.25, 0.3) is 10.9 Å². The molecule has 6 heteroatoms. The van der Waals surface area contributed by atoms with Gasteiger partial charge in [-0.15, -0.1) is 11.8 Å². The van der Waals surface area contributed by atoms with Gasteiger partial charge in [0, 0.05) is 4.90 Å². The average molecular weight is 388 g/mol. The van der Waals surface area contributed by atoms with Gasteiger partial charge in [0.05, 0.1) is 22.5 Å². The Kier molecular flexibility index (Phi) is 6.72. The number of halogens is 1. The quantitative estimate of drug-likeness (QED) is 0.454. The Bertz CT molecular complexity index is 928. The Hall–Kier alpha value is -1.82. The number of thioether (sulfide) groups is 1. The molecule has 0 spiro atoms. The van der Waals surface area contributed by atoms with Crippen LogP contribution in [0.3, 0.4) is 0 Å². The lowest BCUT2D eigenvalue weighted by molar-refractivity contribution is 0.274. The lowest BCUT2D eigenvalue weighted by Crippen LogP contribution is -2.27. The van der Waals surface area contributed by atoms with E-state index in [4.69, 9.17) is 11.6 Å². The minimum atomic E-state index is -0.0732. The first-order valence-corrected chi connectivity index (χ1v) is 10.1. The van der Waals surface area contributed by atoms with E-state index in [-0.39, 0.29) is 5.56 Å². The highest BCUT2D eigenvalue weighted by atomic mass is 35.5. The summed E-state index contributed by atoms with van der Waals surface area (Å²) in [4.78, 5) is 23.1. The van der Waals surface area contributed by atoms with E-state index in [2.05, 4.69) is 21.8 Å². The maximum absolute atomic E-state index is 12.2. The standard InChI is InChI=1S/C20H22ClN3OS/c1-2-24(12-7-13-26-18-11-6-4-9-16(18)21)14-19-22-17-10-5-3-8-15(17)20(25)23-19/h3-6,8-11H,2,7,12-14H2,1H3,(H,22,23,25). The highest BCUT2D eigenvalue weighted by molar-refractivity contribution is 7.99. The molecule has 0 aliphatic heterocycles. The molecule has 136 valence electrons. The van der Waals surface area contributed by atoms with E-state index in [0.717, 1.165) is 40.7 Å². The summed E-state index contributed by atoms with van der Waals surface area (Å²) in [6.07, 6.45) is 1.04. The van der Waals surface area contributed by atoms with E-state index in [1.165, 1.54) is 0 Å². The summed E-state index contributed by atoms with van der Waals surface area (Å²) in [5.41, 5.74) is 0.674. The molecule has 0 unspecified atom stereocenters. The lowest BCUT2D eigenvalue weighted by Gasteiger charge is -2.19. The van der Waals surface area contributed by atoms with Crippen molar-refractivity contribution in [1.29, 1.82) is 0 Å². The molecule has 3 rings (SSSR count). The largest absolute Gasteiger partial charge is 0.309 e. The summed E-state index contributed by atoms with van der Waals surface area (Å²) in [5, 5.41) is 1.44. The fourth-order valence-corrected chi connectivity index (χ4v) is 3.98. The number of benzene rings is 2. The van der Waals surface area contributed by atoms with Gasteiger partial charge in [0.2, 0.25) is 0 Å². The van der Waals surface area contributed by atoms with Crippen LogP contribution in [-0.4, -0.2) is 33.7 Å². The number of fused-ring (bicyclic) bond motifs is 1. The minimum Gasteiger partial charge on any atom is -0.309 e. The van der Waals surface area contributed by atoms with Crippen LogP contribution >= 0.6 is 23.4 Å². The zero-order chi connectivity index (χ0) is 18.4. The molecule has 0 saturated carbocycles. The Balaban J connectivity index is 1.56. The number of nitrogens with zero attached hydrogens (tertiary/aromatic N) is 2. The number of hydrogen-bond acceptors (Lipinski definition) is 4. The van der Waals surface area contributed by atoms with Crippen molar-refractivity contribution >= 4 is 34.3 Å². The molecule has 0 aliphatic rings. The van der Waals surface area contributed by atoms with E-state index in [1.807, 2.05) is 42.5 Å². The van der Waals surface area contributed by atoms with Crippen molar-refractivity contribution < 1.29 is 0 Å². The fourth-order valence-electron chi connectivity index (χ4n) is 2.80. The van der Waals surface area contributed by atoms with Gasteiger partial charge in [0.25, 0.3) is 5.56 Å². The van der Waals surface area contributed by atoms with Crippen LogP contribution in [0.4, 0.5) is 0 Å². The molecule has 0 bridgehead atoms. The first-order valence-electron chi connectivity index (χ1n) is 8.75. The Morgan fingerprint density at radius 2 is 1.92 bits per heavy atom. The van der Waals surface area contributed by atoms with Gasteiger partial charge in [-0.05, 0) is 49.5 Å². The molecule has 0 atom stereocenters. The first kappa shape index (κ1) is 19.0. The maximum atomic E-state index is 12.2. The minimum absolute atomic E-state index is 0.0732. The molecule has 1 heterocycles. The Morgan fingerprint density at radius 1 is 1.15 bits per heavy atom. The SMILES string of the molecule is CCN(CCCSc1ccccc1Cl)Cc1nc2ccccc2c(=O)[nH]1. The van der Waals surface area contributed by atoms with Gasteiger partial charge >= 0.3 is 0 Å². The number of aromatic amines is 1. The van der Waals surface area contributed by atoms with E-state index in [9.17, 15) is 4.79 Å². The number of hydrogen-bond donors (Lipinski definition) is 1. The third kappa shape index (κ3) is 4.87. The molecule has 0 amide bonds. The van der Waals surface area contributed by atoms with Gasteiger partial charge in [-0.2, -0.15) is 0 Å². The van der Waals surface area contributed by atoms with Crippen molar-refractivity contribution in [2.75, 3.05) is 18.8 Å². The van der Waals surface area contributed by atoms with Crippen LogP contribution in [0, 0.1) is 0 Å². The average Bonchev–Trinajstić information content (AvgIpc) is 2.65. The molecule has 0 aliphatic carbocycles. The van der Waals surface area contributed by atoms with E-state index < -0.39 is 0 Å². The van der Waals surface area contributed by atoms with Crippen LogP contribution in [0.5, 0.6) is 0 Å². The Labute approximate surface area is 162 Å². The van der Waals surface area contributed by atoms with E-state index in [1.54, 1.807) is 17.8 Å². The molecular formula is C20H22ClN3OS. The van der Waals surface area contributed by atoms with Crippen LogP contribution in [0.15, 0.2) is 58.2 Å². The van der Waals surface area contributed by atoms with Crippen LogP contribution in [-0.2, 0) is 6.54 Å². The number of nitrogens with one attached hydrogen (secondary N) is 1. The highest BCUT2D eigenvalue weighted by Crippen LogP contribution is 2.26. The molecule has 2 aromatic carbocycles. The predicted molar refractivity (Wildman–Crippen MR) is 110 cm³/mol. The summed E-state index contributed by atoms with van der Waals surface area (Å²) in [5.74, 6) is 1.72. The Morgan fingerprint density at radius 3 is 2.73 bits per heavy atom. The monoisotopic (exact) mass is 387 g/mol. The normalized spacial score (nSPS) is 11.3. The highest BCUT2D eigenvalue weighted by Gasteiger charge is 2.08. The molecule has 0 fully saturated rings. The zero-order valence-electron chi connectivity index (χ0n) is 14.7. The van der Waals surface area contributed by atoms with E-state index in [0.29, 0.717) is 17.8 Å². The second-order valence-electron chi connectivity index (χ2n) is 6.03. The third-order valence-corrected chi connectivity index (χ3v) is 5.80. The van der Waals surface area contributed by atoms with E-state index >= 15 is 0 Å². The first-order chi connectivity index (χ1) is 12.7. The van der Waals surface area contributed by atoms with Crippen molar-refractivity contribution in [2.45, 2.75) is 24.8 Å². The van der Waals surface area contributed by atoms with Crippen molar-refractivity contribution in [1.82, 2.24) is 14.9 Å². The van der Waals surface area contributed by atoms with Crippen molar-refractivity contribution in [3.63, 3.8) is 0 Å². The molecule has 26 heavy (non-hydrogen) atoms. The third-order valence-electron chi connectivity index (χ3n) is 4.20. The van der Waals surface area contributed by atoms with Gasteiger partial charge in [0.1, 0.15) is 5.82 Å². The van der Waals surface area contributed by atoms with Gasteiger partial charge < -0.3 is 4.98 Å². The molecule has 3 aromatic rings. The second-order valence-corrected chi connectivity index (χ2v) is 7.57. The number of H-pyrrole nitrogens is 1. The molecule has 0 saturated heterocycles. The summed E-state index contributed by atoms with van der Waals surface area (Å²) < 4.78 is 0. The lowest BCUT2D eigenvalue weighted by atomic mass is 10.2. The molecule has 1 N–H and O–H groups in total. The molecule has 0 radical (unpaired) electrons. The van der Waals surface area contributed by atoms with Crippen molar-refractivity contribution in [3.05, 3.63) is 69.7 Å². The number of aromatic nitrogens is 2. The van der Waals surface area contributed by atoms with Crippen molar-refractivity contribution in [3.8, 4) is 0 Å². The molecular weight excluding hydrogens is 366 g/mol. The zero-order valence-corrected chi connectivity index (χ0v) is 16.3. The summed E-state index contributed by atoms with van der Waals surface area (Å²) in [6.45, 7) is 4.63. The molecule has 1 aromatic heterocycles. The smallest absolute Gasteiger partial charge is 0.258 e. The summed E-state index contributed by atoms with van der Waals surface area (Å²) in [6, 6.07) is 15.4. The summed E-state index contributed by atoms with van der Waals surface area (Å²) in [7, 11) is 0. The molecule has 4 nitrogen and oxygen atoms in total. The topological polar surface area (TPSA) is 49.0 Å². The van der Waals surface area contributed by atoms with Crippen LogP contribution in [0.2, 0.25) is 5.02 Å². The summed E-state index contributed by atoms with van der Waals surface area (Å²) >= 11 is 7.97. The van der Waals surface area contributed by atoms with Gasteiger partial charge in [-0.1, -0.05) is 42.8 Å².